The topological polar surface area (TPSA) is 76.3 Å². The summed E-state index contributed by atoms with van der Waals surface area (Å²) in [6, 6.07) is 0. The number of hydrogen-bond donors (Lipinski definition) is 0. The summed E-state index contributed by atoms with van der Waals surface area (Å²) in [5.74, 6) is 0.299. The minimum absolute atomic E-state index is 0.109. The van der Waals surface area contributed by atoms with E-state index in [2.05, 4.69) is 10.1 Å². The largest absolute Gasteiger partial charge is 0.339 e. The van der Waals surface area contributed by atoms with Gasteiger partial charge in [0.2, 0.25) is 17.7 Å². The number of nitrogens with zero attached hydrogens (tertiary/aromatic N) is 3. The van der Waals surface area contributed by atoms with E-state index in [1.165, 1.54) is 4.90 Å². The summed E-state index contributed by atoms with van der Waals surface area (Å²) >= 11 is 0. The number of rotatable bonds is 3. The molecule has 100 valence electrons. The molecule has 2 atom stereocenters. The highest BCUT2D eigenvalue weighted by Gasteiger charge is 2.47. The summed E-state index contributed by atoms with van der Waals surface area (Å²) in [4.78, 5) is 29.8. The van der Waals surface area contributed by atoms with E-state index in [1.54, 1.807) is 0 Å². The highest BCUT2D eigenvalue weighted by molar-refractivity contribution is 6.05. The van der Waals surface area contributed by atoms with Crippen LogP contribution < -0.4 is 0 Å². The second-order valence-electron chi connectivity index (χ2n) is 4.88. The maximum Gasteiger partial charge on any atom is 0.233 e. The lowest BCUT2D eigenvalue weighted by Crippen LogP contribution is -2.31. The standard InChI is InChI=1S/C13H15N3O3/c1-2-11-14-10(15-19-11)7-16-12(17)8-5-3-4-6-9(8)13(16)18/h3-4,8-9H,2,5-7H2,1H3/t8-,9-/m1/s1. The second-order valence-corrected chi connectivity index (χ2v) is 4.88. The third-order valence-electron chi connectivity index (χ3n) is 3.71. The third-order valence-corrected chi connectivity index (χ3v) is 3.71. The molecule has 3 rings (SSSR count). The number of aromatic nitrogens is 2. The Kier molecular flexibility index (Phi) is 2.93. The summed E-state index contributed by atoms with van der Waals surface area (Å²) in [7, 11) is 0. The predicted molar refractivity (Wildman–Crippen MR) is 64.6 cm³/mol. The molecule has 0 unspecified atom stereocenters. The smallest absolute Gasteiger partial charge is 0.233 e. The molecule has 0 aromatic carbocycles. The Morgan fingerprint density at radius 3 is 2.42 bits per heavy atom. The van der Waals surface area contributed by atoms with E-state index in [9.17, 15) is 9.59 Å². The van der Waals surface area contributed by atoms with Gasteiger partial charge >= 0.3 is 0 Å². The van der Waals surface area contributed by atoms with Gasteiger partial charge in [-0.05, 0) is 12.8 Å². The molecule has 2 aliphatic rings. The normalized spacial score (nSPS) is 26.1. The van der Waals surface area contributed by atoms with E-state index in [0.717, 1.165) is 0 Å². The first-order valence-electron chi connectivity index (χ1n) is 6.52. The fourth-order valence-corrected chi connectivity index (χ4v) is 2.66. The van der Waals surface area contributed by atoms with Crippen molar-refractivity contribution in [2.45, 2.75) is 32.7 Å². The number of carbonyl (C=O) groups is 2. The van der Waals surface area contributed by atoms with Gasteiger partial charge in [-0.25, -0.2) is 0 Å². The Labute approximate surface area is 110 Å². The van der Waals surface area contributed by atoms with Crippen molar-refractivity contribution in [3.05, 3.63) is 23.9 Å². The van der Waals surface area contributed by atoms with Gasteiger partial charge in [0.05, 0.1) is 18.4 Å². The molecule has 1 saturated heterocycles. The summed E-state index contributed by atoms with van der Waals surface area (Å²) in [5.41, 5.74) is 0. The zero-order valence-electron chi connectivity index (χ0n) is 10.7. The first kappa shape index (κ1) is 12.1. The number of amides is 2. The number of hydrogen-bond acceptors (Lipinski definition) is 5. The van der Waals surface area contributed by atoms with Crippen molar-refractivity contribution in [2.75, 3.05) is 0 Å². The highest BCUT2D eigenvalue weighted by Crippen LogP contribution is 2.35. The minimum atomic E-state index is -0.199. The molecule has 1 fully saturated rings. The van der Waals surface area contributed by atoms with E-state index >= 15 is 0 Å². The summed E-state index contributed by atoms with van der Waals surface area (Å²) < 4.78 is 4.99. The Balaban J connectivity index is 1.78. The minimum Gasteiger partial charge on any atom is -0.339 e. The quantitative estimate of drug-likeness (QED) is 0.601. The highest BCUT2D eigenvalue weighted by atomic mass is 16.5. The first-order chi connectivity index (χ1) is 9.20. The molecule has 2 heterocycles. The predicted octanol–water partition coefficient (Wildman–Crippen LogP) is 1.08. The van der Waals surface area contributed by atoms with Crippen LogP contribution in [-0.2, 0) is 22.6 Å². The molecule has 0 radical (unpaired) electrons. The molecule has 1 aromatic heterocycles. The van der Waals surface area contributed by atoms with E-state index in [4.69, 9.17) is 4.52 Å². The summed E-state index contributed by atoms with van der Waals surface area (Å²) in [5, 5.41) is 3.79. The molecule has 0 N–H and O–H groups in total. The molecule has 0 saturated carbocycles. The van der Waals surface area contributed by atoms with Crippen molar-refractivity contribution in [1.82, 2.24) is 15.0 Å². The van der Waals surface area contributed by atoms with Gasteiger partial charge in [-0.3, -0.25) is 14.5 Å². The molecule has 1 aliphatic heterocycles. The van der Waals surface area contributed by atoms with E-state index < -0.39 is 0 Å². The van der Waals surface area contributed by atoms with Crippen molar-refractivity contribution in [3.8, 4) is 0 Å². The maximum atomic E-state index is 12.2. The second kappa shape index (κ2) is 4.60. The van der Waals surface area contributed by atoms with E-state index in [-0.39, 0.29) is 30.2 Å². The average Bonchev–Trinajstić information content (AvgIpc) is 2.99. The number of fused-ring (bicyclic) bond motifs is 1. The number of carbonyl (C=O) groups excluding carboxylic acids is 2. The molecule has 0 spiro atoms. The molecule has 0 bridgehead atoms. The van der Waals surface area contributed by atoms with Gasteiger partial charge in [0.1, 0.15) is 0 Å². The fourth-order valence-electron chi connectivity index (χ4n) is 2.66. The van der Waals surface area contributed by atoms with Gasteiger partial charge in [0.15, 0.2) is 5.82 Å². The lowest BCUT2D eigenvalue weighted by atomic mass is 9.85. The van der Waals surface area contributed by atoms with Gasteiger partial charge in [0, 0.05) is 6.42 Å². The van der Waals surface area contributed by atoms with Gasteiger partial charge in [-0.2, -0.15) is 4.98 Å². The summed E-state index contributed by atoms with van der Waals surface area (Å²) in [6.45, 7) is 2.03. The average molecular weight is 261 g/mol. The third kappa shape index (κ3) is 1.97. The maximum absolute atomic E-state index is 12.2. The van der Waals surface area contributed by atoms with Crippen LogP contribution in [0.15, 0.2) is 16.7 Å². The van der Waals surface area contributed by atoms with Crippen molar-refractivity contribution < 1.29 is 14.1 Å². The molecule has 1 aromatic rings. The zero-order valence-corrected chi connectivity index (χ0v) is 10.7. The fraction of sp³-hybridized carbons (Fsp3) is 0.538. The van der Waals surface area contributed by atoms with Crippen molar-refractivity contribution in [2.24, 2.45) is 11.8 Å². The van der Waals surface area contributed by atoms with E-state index in [0.29, 0.717) is 31.0 Å². The Hall–Kier alpha value is -1.98. The number of imide groups is 1. The molecule has 19 heavy (non-hydrogen) atoms. The summed E-state index contributed by atoms with van der Waals surface area (Å²) in [6.07, 6.45) is 5.89. The van der Waals surface area contributed by atoms with Crippen LogP contribution in [0.5, 0.6) is 0 Å². The molecule has 2 amide bonds. The molecule has 6 nitrogen and oxygen atoms in total. The van der Waals surface area contributed by atoms with Crippen LogP contribution in [0.25, 0.3) is 0 Å². The van der Waals surface area contributed by atoms with Gasteiger partial charge in [0.25, 0.3) is 0 Å². The lowest BCUT2D eigenvalue weighted by Gasteiger charge is -2.14. The lowest BCUT2D eigenvalue weighted by molar-refractivity contribution is -0.140. The SMILES string of the molecule is CCc1nc(CN2C(=O)[C@@H]3CC=CC[C@H]3C2=O)no1. The molecular weight excluding hydrogens is 246 g/mol. The van der Waals surface area contributed by atoms with Crippen LogP contribution in [-0.4, -0.2) is 26.9 Å². The molecule has 1 aliphatic carbocycles. The van der Waals surface area contributed by atoms with Gasteiger partial charge < -0.3 is 4.52 Å². The Morgan fingerprint density at radius 1 is 1.26 bits per heavy atom. The van der Waals surface area contributed by atoms with Gasteiger partial charge in [-0.1, -0.05) is 24.2 Å². The monoisotopic (exact) mass is 261 g/mol. The van der Waals surface area contributed by atoms with Crippen molar-refractivity contribution in [1.29, 1.82) is 0 Å². The number of aryl methyl sites for hydroxylation is 1. The van der Waals surface area contributed by atoms with Crippen molar-refractivity contribution in [3.63, 3.8) is 0 Å². The van der Waals surface area contributed by atoms with E-state index in [1.807, 2.05) is 19.1 Å². The number of likely N-dealkylation sites (tertiary alicyclic amines) is 1. The molecular formula is C13H15N3O3. The van der Waals surface area contributed by atoms with Crippen LogP contribution in [0.1, 0.15) is 31.5 Å². The van der Waals surface area contributed by atoms with Crippen LogP contribution in [0.4, 0.5) is 0 Å². The Bertz CT molecular complexity index is 523. The zero-order chi connectivity index (χ0) is 13.4. The first-order valence-corrected chi connectivity index (χ1v) is 6.52. The van der Waals surface area contributed by atoms with Crippen LogP contribution >= 0.6 is 0 Å². The van der Waals surface area contributed by atoms with Crippen LogP contribution in [0.2, 0.25) is 0 Å². The Morgan fingerprint density at radius 2 is 1.89 bits per heavy atom. The van der Waals surface area contributed by atoms with Gasteiger partial charge in [-0.15, -0.1) is 0 Å². The van der Waals surface area contributed by atoms with Crippen molar-refractivity contribution >= 4 is 11.8 Å². The van der Waals surface area contributed by atoms with Crippen LogP contribution in [0.3, 0.4) is 0 Å². The molecule has 6 heteroatoms. The van der Waals surface area contributed by atoms with Crippen LogP contribution in [0, 0.1) is 11.8 Å². The number of allylic oxidation sites excluding steroid dienone is 2.